The van der Waals surface area contributed by atoms with Crippen molar-refractivity contribution in [2.45, 2.75) is 96.6 Å². The van der Waals surface area contributed by atoms with E-state index in [2.05, 4.69) is 109 Å². The molecule has 0 saturated carbocycles. The highest BCUT2D eigenvalue weighted by Gasteiger charge is 2.53. The third-order valence-electron chi connectivity index (χ3n) is 10.0. The third-order valence-corrected chi connectivity index (χ3v) is 15.4. The maximum atomic E-state index is 7.30. The van der Waals surface area contributed by atoms with Gasteiger partial charge in [0.15, 0.2) is 6.23 Å². The van der Waals surface area contributed by atoms with Crippen molar-refractivity contribution < 1.29 is 18.5 Å². The average Bonchev–Trinajstić information content (AvgIpc) is 3.51. The summed E-state index contributed by atoms with van der Waals surface area (Å²) in [6, 6.07) is 23.5. The highest BCUT2D eigenvalue weighted by Crippen LogP contribution is 2.40. The van der Waals surface area contributed by atoms with Crippen LogP contribution in [-0.4, -0.2) is 49.6 Å². The van der Waals surface area contributed by atoms with Crippen molar-refractivity contribution in [3.63, 3.8) is 0 Å². The monoisotopic (exact) mass is 644 g/mol. The Hall–Kier alpha value is -2.46. The van der Waals surface area contributed by atoms with Gasteiger partial charge in [0, 0.05) is 23.6 Å². The maximum Gasteiger partial charge on any atom is 0.495 e. The van der Waals surface area contributed by atoms with Gasteiger partial charge < -0.3 is 18.5 Å². The zero-order valence-corrected chi connectivity index (χ0v) is 29.5. The summed E-state index contributed by atoms with van der Waals surface area (Å²) >= 11 is 7.23. The minimum Gasteiger partial charge on any atom is -0.407 e. The molecule has 9 heteroatoms. The minimum atomic E-state index is -2.73. The van der Waals surface area contributed by atoms with E-state index in [0.717, 1.165) is 47.8 Å². The summed E-state index contributed by atoms with van der Waals surface area (Å²) in [4.78, 5) is 0. The number of ether oxygens (including phenoxy) is 1. The summed E-state index contributed by atoms with van der Waals surface area (Å²) in [5, 5.41) is 8.86. The molecule has 2 saturated heterocycles. The van der Waals surface area contributed by atoms with E-state index in [4.69, 9.17) is 35.2 Å². The molecule has 2 aliphatic rings. The topological polar surface area (TPSA) is 54.7 Å². The maximum absolute atomic E-state index is 7.30. The lowest BCUT2D eigenvalue weighted by atomic mass is 9.73. The van der Waals surface area contributed by atoms with Crippen LogP contribution >= 0.6 is 11.6 Å². The van der Waals surface area contributed by atoms with Crippen LogP contribution in [0.5, 0.6) is 0 Å². The predicted octanol–water partition coefficient (Wildman–Crippen LogP) is 6.81. The number of halogens is 1. The molecule has 45 heavy (non-hydrogen) atoms. The van der Waals surface area contributed by atoms with E-state index in [9.17, 15) is 0 Å². The second-order valence-corrected chi connectivity index (χ2v) is 19.2. The standard InChI is InChI=1S/C36H46BClN2O4Si/c1-34(2,3)45(26-16-10-8-11-17-26,27-18-12-9-13-19-27)42-23-21-28-30(38)24-31-29(25-39-40(31)32-20-14-15-22-41-32)33(28)37-43-35(4,5)36(6,7)44-37/h8-13,16-19,24-25,32H,14-15,20-23H2,1-7H3. The van der Waals surface area contributed by atoms with Crippen LogP contribution in [0.4, 0.5) is 0 Å². The second-order valence-electron chi connectivity index (χ2n) is 14.4. The van der Waals surface area contributed by atoms with E-state index in [1.807, 2.05) is 16.9 Å². The molecule has 6 rings (SSSR count). The Balaban J connectivity index is 1.43. The number of nitrogens with zero attached hydrogens (tertiary/aromatic N) is 2. The van der Waals surface area contributed by atoms with Crippen molar-refractivity contribution >= 4 is 53.8 Å². The van der Waals surface area contributed by atoms with Gasteiger partial charge in [-0.15, -0.1) is 0 Å². The Bertz CT molecular complexity index is 1580. The molecule has 0 bridgehead atoms. The van der Waals surface area contributed by atoms with Gasteiger partial charge >= 0.3 is 7.12 Å². The summed E-state index contributed by atoms with van der Waals surface area (Å²) in [5.74, 6) is 0. The van der Waals surface area contributed by atoms with Gasteiger partial charge in [0.05, 0.1) is 22.9 Å². The van der Waals surface area contributed by atoms with Crippen molar-refractivity contribution in [1.82, 2.24) is 9.78 Å². The Morgan fingerprint density at radius 3 is 2.09 bits per heavy atom. The van der Waals surface area contributed by atoms with Crippen molar-refractivity contribution in [2.24, 2.45) is 0 Å². The minimum absolute atomic E-state index is 0.109. The molecule has 1 atom stereocenters. The molecule has 0 amide bonds. The zero-order valence-electron chi connectivity index (χ0n) is 27.7. The number of hydrogen-bond acceptors (Lipinski definition) is 5. The quantitative estimate of drug-likeness (QED) is 0.197. The fraction of sp³-hybridized carbons (Fsp3) is 0.472. The fourth-order valence-corrected chi connectivity index (χ4v) is 11.8. The summed E-state index contributed by atoms with van der Waals surface area (Å²) in [6.07, 6.45) is 5.53. The van der Waals surface area contributed by atoms with Crippen molar-refractivity contribution in [3.05, 3.63) is 83.5 Å². The summed E-state index contributed by atoms with van der Waals surface area (Å²) < 4.78 is 28.7. The van der Waals surface area contributed by atoms with Gasteiger partial charge in [0.1, 0.15) is 0 Å². The van der Waals surface area contributed by atoms with Gasteiger partial charge in [0.25, 0.3) is 8.32 Å². The van der Waals surface area contributed by atoms with E-state index in [1.54, 1.807) is 0 Å². The largest absolute Gasteiger partial charge is 0.495 e. The van der Waals surface area contributed by atoms with Crippen LogP contribution in [0.2, 0.25) is 10.1 Å². The Morgan fingerprint density at radius 2 is 1.56 bits per heavy atom. The molecule has 1 aromatic heterocycles. The van der Waals surface area contributed by atoms with E-state index in [1.165, 1.54) is 10.4 Å². The first kappa shape index (κ1) is 32.5. The third kappa shape index (κ3) is 5.83. The lowest BCUT2D eigenvalue weighted by molar-refractivity contribution is -0.0366. The Morgan fingerprint density at radius 1 is 0.956 bits per heavy atom. The van der Waals surface area contributed by atoms with E-state index in [-0.39, 0.29) is 11.3 Å². The first-order valence-electron chi connectivity index (χ1n) is 16.3. The van der Waals surface area contributed by atoms with Gasteiger partial charge in [0.2, 0.25) is 0 Å². The molecule has 238 valence electrons. The highest BCUT2D eigenvalue weighted by atomic mass is 35.5. The normalized spacial score (nSPS) is 20.2. The van der Waals surface area contributed by atoms with Crippen LogP contribution in [0.15, 0.2) is 72.9 Å². The lowest BCUT2D eigenvalue weighted by Crippen LogP contribution is -2.66. The molecule has 2 aliphatic heterocycles. The van der Waals surface area contributed by atoms with Crippen LogP contribution in [0, 0.1) is 0 Å². The van der Waals surface area contributed by atoms with E-state index >= 15 is 0 Å². The number of hydrogen-bond donors (Lipinski definition) is 0. The molecule has 6 nitrogen and oxygen atoms in total. The summed E-state index contributed by atoms with van der Waals surface area (Å²) in [7, 11) is -3.32. The first-order valence-corrected chi connectivity index (χ1v) is 18.5. The number of rotatable bonds is 8. The molecule has 0 spiro atoms. The fourth-order valence-electron chi connectivity index (χ4n) is 6.92. The molecule has 0 aliphatic carbocycles. The van der Waals surface area contributed by atoms with Gasteiger partial charge in [-0.25, -0.2) is 4.68 Å². The van der Waals surface area contributed by atoms with Gasteiger partial charge in [-0.1, -0.05) is 93.0 Å². The second kappa shape index (κ2) is 12.3. The van der Waals surface area contributed by atoms with Gasteiger partial charge in [-0.3, -0.25) is 0 Å². The summed E-state index contributed by atoms with van der Waals surface area (Å²) in [6.45, 7) is 16.5. The molecule has 2 fully saturated rings. The van der Waals surface area contributed by atoms with E-state index in [0.29, 0.717) is 18.1 Å². The molecular weight excluding hydrogens is 599 g/mol. The van der Waals surface area contributed by atoms with Crippen LogP contribution < -0.4 is 15.8 Å². The smallest absolute Gasteiger partial charge is 0.407 e. The molecule has 1 unspecified atom stereocenters. The predicted molar refractivity (Wildman–Crippen MR) is 187 cm³/mol. The molecular formula is C36H46BClN2O4Si. The number of fused-ring (bicyclic) bond motifs is 1. The first-order chi connectivity index (χ1) is 21.4. The number of benzene rings is 3. The van der Waals surface area contributed by atoms with Crippen molar-refractivity contribution in [3.8, 4) is 0 Å². The van der Waals surface area contributed by atoms with Crippen molar-refractivity contribution in [1.29, 1.82) is 0 Å². The molecule has 0 radical (unpaired) electrons. The highest BCUT2D eigenvalue weighted by molar-refractivity contribution is 6.99. The Labute approximate surface area is 274 Å². The lowest BCUT2D eigenvalue weighted by Gasteiger charge is -2.43. The van der Waals surface area contributed by atoms with Crippen LogP contribution in [0.3, 0.4) is 0 Å². The average molecular weight is 645 g/mol. The van der Waals surface area contributed by atoms with E-state index < -0.39 is 26.6 Å². The molecule has 3 aromatic carbocycles. The van der Waals surface area contributed by atoms with Gasteiger partial charge in [-0.05, 0) is 85.9 Å². The van der Waals surface area contributed by atoms with Crippen LogP contribution in [0.25, 0.3) is 10.9 Å². The SMILES string of the molecule is CC1(C)OB(c2c(CCO[Si](c3ccccc3)(c3ccccc3)C(C)(C)C)c(Cl)cc3c2cnn3C2CCCCO2)OC1(C)C. The molecule has 0 N–H and O–H groups in total. The van der Waals surface area contributed by atoms with Gasteiger partial charge in [-0.2, -0.15) is 5.10 Å². The van der Waals surface area contributed by atoms with Crippen LogP contribution in [0.1, 0.15) is 79.5 Å². The Kier molecular flexibility index (Phi) is 8.87. The molecule has 4 aromatic rings. The van der Waals surface area contributed by atoms with Crippen LogP contribution in [-0.2, 0) is 24.9 Å². The number of aromatic nitrogens is 2. The van der Waals surface area contributed by atoms with Crippen molar-refractivity contribution in [2.75, 3.05) is 13.2 Å². The summed E-state index contributed by atoms with van der Waals surface area (Å²) in [5.41, 5.74) is 1.84. The molecule has 3 heterocycles. The zero-order chi connectivity index (χ0) is 32.0.